The highest BCUT2D eigenvalue weighted by Crippen LogP contribution is 2.32. The molecule has 7 N–H and O–H groups in total. The fraction of sp³-hybridized carbons (Fsp3) is 0.167. The molecule has 0 unspecified atom stereocenters. The molecule has 0 heterocycles. The third kappa shape index (κ3) is 4.35. The second-order valence-corrected chi connectivity index (χ2v) is 5.63. The van der Waals surface area contributed by atoms with Crippen molar-refractivity contribution in [3.05, 3.63) is 47.5 Å². The van der Waals surface area contributed by atoms with Crippen LogP contribution in [0.4, 0.5) is 11.4 Å². The molecule has 2 aromatic carbocycles. The van der Waals surface area contributed by atoms with Gasteiger partial charge in [0.1, 0.15) is 0 Å². The molecule has 2 rings (SSSR count). The van der Waals surface area contributed by atoms with Gasteiger partial charge in [0.15, 0.2) is 11.7 Å². The van der Waals surface area contributed by atoms with Gasteiger partial charge in [0, 0.05) is 23.4 Å². The molecular weight excluding hydrogens is 320 g/mol. The zero-order valence-electron chi connectivity index (χ0n) is 13.8. The summed E-state index contributed by atoms with van der Waals surface area (Å²) in [5.41, 5.74) is 14.8. The van der Waals surface area contributed by atoms with Gasteiger partial charge in [0.2, 0.25) is 0 Å². The summed E-state index contributed by atoms with van der Waals surface area (Å²) in [5.74, 6) is -1.31. The molecule has 7 heteroatoms. The molecule has 0 fully saturated rings. The first-order chi connectivity index (χ1) is 11.8. The number of benzene rings is 2. The lowest BCUT2D eigenvalue weighted by molar-refractivity contribution is -0.136. The Hall–Kier alpha value is -3.35. The number of nitrogens with one attached hydrogen (secondary N) is 2. The van der Waals surface area contributed by atoms with Crippen LogP contribution in [0.5, 0.6) is 0 Å². The first-order valence-corrected chi connectivity index (χ1v) is 7.65. The van der Waals surface area contributed by atoms with E-state index in [-0.39, 0.29) is 24.6 Å². The van der Waals surface area contributed by atoms with Crippen LogP contribution in [0.3, 0.4) is 0 Å². The van der Waals surface area contributed by atoms with Gasteiger partial charge in [0.25, 0.3) is 0 Å². The average molecular weight is 340 g/mol. The van der Waals surface area contributed by atoms with Crippen LogP contribution in [0.2, 0.25) is 0 Å². The van der Waals surface area contributed by atoms with E-state index in [1.807, 2.05) is 6.07 Å². The van der Waals surface area contributed by atoms with E-state index >= 15 is 0 Å². The van der Waals surface area contributed by atoms with E-state index in [1.54, 1.807) is 30.3 Å². The first-order valence-electron chi connectivity index (χ1n) is 7.65. The van der Waals surface area contributed by atoms with E-state index in [0.717, 1.165) is 5.56 Å². The van der Waals surface area contributed by atoms with Crippen LogP contribution in [-0.2, 0) is 11.2 Å². The maximum absolute atomic E-state index is 12.1. The van der Waals surface area contributed by atoms with Crippen LogP contribution in [0.25, 0.3) is 11.1 Å². The van der Waals surface area contributed by atoms with Crippen molar-refractivity contribution in [2.75, 3.05) is 11.1 Å². The second-order valence-electron chi connectivity index (χ2n) is 5.63. The summed E-state index contributed by atoms with van der Waals surface area (Å²) in [6.07, 6.45) is 0.201. The standard InChI is InChI=1S/C18H20N4O3/c1-10(23)16-14(7-5-11(17(16)19)6-8-15(24)25)12-3-2-4-13(9-12)22-18(20)21/h2-5,7,9H,6,8,19H2,1H3,(H,24,25)(H4,20,21,22). The number of hydrogen-bond acceptors (Lipinski definition) is 4. The Bertz CT molecular complexity index is 846. The molecule has 0 aliphatic carbocycles. The number of carbonyl (C=O) groups excluding carboxylic acids is 1. The van der Waals surface area contributed by atoms with E-state index in [4.69, 9.17) is 22.0 Å². The molecule has 0 saturated heterocycles. The molecule has 0 aliphatic rings. The molecular formula is C18H20N4O3. The van der Waals surface area contributed by atoms with Crippen molar-refractivity contribution in [2.24, 2.45) is 5.73 Å². The summed E-state index contributed by atoms with van der Waals surface area (Å²) in [7, 11) is 0. The van der Waals surface area contributed by atoms with Gasteiger partial charge in [-0.15, -0.1) is 0 Å². The SMILES string of the molecule is CC(=O)c1c(-c2cccc(NC(=N)N)c2)ccc(CCC(=O)O)c1N. The van der Waals surface area contributed by atoms with Crippen LogP contribution in [0, 0.1) is 5.41 Å². The zero-order chi connectivity index (χ0) is 18.6. The maximum atomic E-state index is 12.1. The van der Waals surface area contributed by atoms with E-state index in [2.05, 4.69) is 5.32 Å². The lowest BCUT2D eigenvalue weighted by atomic mass is 9.92. The summed E-state index contributed by atoms with van der Waals surface area (Å²) >= 11 is 0. The summed E-state index contributed by atoms with van der Waals surface area (Å²) in [4.78, 5) is 22.9. The third-order valence-corrected chi connectivity index (χ3v) is 3.75. The minimum Gasteiger partial charge on any atom is -0.481 e. The van der Waals surface area contributed by atoms with Crippen LogP contribution in [0.1, 0.15) is 29.3 Å². The monoisotopic (exact) mass is 340 g/mol. The van der Waals surface area contributed by atoms with Crippen LogP contribution < -0.4 is 16.8 Å². The molecule has 7 nitrogen and oxygen atoms in total. The minimum absolute atomic E-state index is 0.0566. The number of anilines is 2. The van der Waals surface area contributed by atoms with Crippen molar-refractivity contribution in [1.29, 1.82) is 5.41 Å². The zero-order valence-corrected chi connectivity index (χ0v) is 13.8. The Morgan fingerprint density at radius 1 is 1.24 bits per heavy atom. The highest BCUT2D eigenvalue weighted by Gasteiger charge is 2.17. The van der Waals surface area contributed by atoms with Crippen molar-refractivity contribution in [3.8, 4) is 11.1 Å². The largest absolute Gasteiger partial charge is 0.481 e. The van der Waals surface area contributed by atoms with Crippen LogP contribution in [-0.4, -0.2) is 22.8 Å². The highest BCUT2D eigenvalue weighted by atomic mass is 16.4. The van der Waals surface area contributed by atoms with E-state index in [0.29, 0.717) is 28.1 Å². The number of guanidine groups is 1. The number of nitrogen functional groups attached to an aromatic ring is 1. The van der Waals surface area contributed by atoms with Gasteiger partial charge in [-0.05, 0) is 42.2 Å². The first kappa shape index (κ1) is 18.0. The Labute approximate surface area is 145 Å². The number of hydrogen-bond donors (Lipinski definition) is 5. The molecule has 0 spiro atoms. The van der Waals surface area contributed by atoms with E-state index in [1.165, 1.54) is 6.92 Å². The fourth-order valence-corrected chi connectivity index (χ4v) is 2.66. The second kappa shape index (κ2) is 7.48. The summed E-state index contributed by atoms with van der Waals surface area (Å²) < 4.78 is 0. The number of rotatable bonds is 6. The number of nitrogens with two attached hydrogens (primary N) is 2. The fourth-order valence-electron chi connectivity index (χ4n) is 2.66. The molecule has 130 valence electrons. The predicted octanol–water partition coefficient (Wildman–Crippen LogP) is 2.46. The van der Waals surface area contributed by atoms with Crippen molar-refractivity contribution >= 4 is 29.1 Å². The van der Waals surface area contributed by atoms with Gasteiger partial charge in [0.05, 0.1) is 0 Å². The van der Waals surface area contributed by atoms with Gasteiger partial charge in [-0.3, -0.25) is 15.0 Å². The Kier molecular flexibility index (Phi) is 5.38. The lowest BCUT2D eigenvalue weighted by Crippen LogP contribution is -2.20. The lowest BCUT2D eigenvalue weighted by Gasteiger charge is -2.15. The van der Waals surface area contributed by atoms with Gasteiger partial charge in [-0.25, -0.2) is 0 Å². The Morgan fingerprint density at radius 3 is 2.56 bits per heavy atom. The van der Waals surface area contributed by atoms with Gasteiger partial charge in [-0.1, -0.05) is 24.3 Å². The normalized spacial score (nSPS) is 10.3. The van der Waals surface area contributed by atoms with Gasteiger partial charge < -0.3 is 21.9 Å². The van der Waals surface area contributed by atoms with E-state index in [9.17, 15) is 9.59 Å². The maximum Gasteiger partial charge on any atom is 0.303 e. The van der Waals surface area contributed by atoms with Crippen molar-refractivity contribution in [3.63, 3.8) is 0 Å². The van der Waals surface area contributed by atoms with Crippen LogP contribution in [0.15, 0.2) is 36.4 Å². The summed E-state index contributed by atoms with van der Waals surface area (Å²) in [6, 6.07) is 10.6. The third-order valence-electron chi connectivity index (χ3n) is 3.75. The number of Topliss-reactive ketones (excluding diaryl/α,β-unsaturated/α-hetero) is 1. The molecule has 0 radical (unpaired) electrons. The predicted molar refractivity (Wildman–Crippen MR) is 97.8 cm³/mol. The van der Waals surface area contributed by atoms with Crippen molar-refractivity contribution < 1.29 is 14.7 Å². The van der Waals surface area contributed by atoms with Crippen LogP contribution >= 0.6 is 0 Å². The number of carboxylic acids is 1. The number of carbonyl (C=O) groups is 2. The number of carboxylic acid groups (broad SMARTS) is 1. The number of aryl methyl sites for hydroxylation is 1. The molecule has 0 amide bonds. The molecule has 0 aromatic heterocycles. The smallest absolute Gasteiger partial charge is 0.303 e. The van der Waals surface area contributed by atoms with Crippen molar-refractivity contribution in [1.82, 2.24) is 0 Å². The number of aliphatic carboxylic acids is 1. The Balaban J connectivity index is 2.51. The average Bonchev–Trinajstić information content (AvgIpc) is 2.52. The molecule has 2 aromatic rings. The molecule has 0 aliphatic heterocycles. The quantitative estimate of drug-likeness (QED) is 0.237. The summed E-state index contributed by atoms with van der Waals surface area (Å²) in [6.45, 7) is 1.42. The van der Waals surface area contributed by atoms with E-state index < -0.39 is 5.97 Å². The molecule has 0 atom stereocenters. The minimum atomic E-state index is -0.921. The number of ketones is 1. The van der Waals surface area contributed by atoms with Crippen molar-refractivity contribution in [2.45, 2.75) is 19.8 Å². The topological polar surface area (TPSA) is 142 Å². The summed E-state index contributed by atoms with van der Waals surface area (Å²) in [5, 5.41) is 18.8. The molecule has 0 bridgehead atoms. The molecule has 25 heavy (non-hydrogen) atoms. The van der Waals surface area contributed by atoms with Gasteiger partial charge in [-0.2, -0.15) is 0 Å². The van der Waals surface area contributed by atoms with Gasteiger partial charge >= 0.3 is 5.97 Å². The highest BCUT2D eigenvalue weighted by molar-refractivity contribution is 6.06. The Morgan fingerprint density at radius 2 is 1.96 bits per heavy atom. The molecule has 0 saturated carbocycles.